The van der Waals surface area contributed by atoms with Gasteiger partial charge in [-0.25, -0.2) is 0 Å². The summed E-state index contributed by atoms with van der Waals surface area (Å²) in [4.78, 5) is 2.05. The van der Waals surface area contributed by atoms with E-state index >= 15 is 0 Å². The average Bonchev–Trinajstić information content (AvgIpc) is 2.54. The second-order valence-electron chi connectivity index (χ2n) is 6.22. The Hall–Kier alpha value is -1.11. The summed E-state index contributed by atoms with van der Waals surface area (Å²) in [6.07, 6.45) is -1.30. The normalized spacial score (nSPS) is 20.2. The molecule has 1 aliphatic rings. The third kappa shape index (κ3) is 4.93. The molecule has 1 aromatic rings. The molecule has 2 rings (SSSR count). The van der Waals surface area contributed by atoms with Crippen molar-refractivity contribution < 1.29 is 23.4 Å². The Balaban J connectivity index is 1.96. The number of benzene rings is 1. The highest BCUT2D eigenvalue weighted by Gasteiger charge is 2.33. The van der Waals surface area contributed by atoms with E-state index in [0.717, 1.165) is 32.0 Å². The number of aryl methyl sites for hydroxylation is 1. The molecule has 1 aliphatic heterocycles. The lowest BCUT2D eigenvalue weighted by atomic mass is 9.90. The molecular weight excluding hydrogens is 307 g/mol. The first-order chi connectivity index (χ1) is 11.0. The Morgan fingerprint density at radius 3 is 2.52 bits per heavy atom. The van der Waals surface area contributed by atoms with Crippen molar-refractivity contribution in [3.63, 3.8) is 0 Å². The van der Waals surface area contributed by atoms with Crippen molar-refractivity contribution in [2.45, 2.75) is 37.9 Å². The molecule has 1 aromatic carbocycles. The Morgan fingerprint density at radius 1 is 1.17 bits per heavy atom. The standard InChI is InChI=1S/C17H24F3NO2/c18-17(19,20)16-6-2-1-5-14(16)8-7-13-4-3-9-21(10-13)15(11-22)12-23/h1-2,5-6,13,15,22-23H,3-4,7-12H2/t13-/m1/s1. The molecule has 2 N–H and O–H groups in total. The lowest BCUT2D eigenvalue weighted by Gasteiger charge is -2.37. The first-order valence-corrected chi connectivity index (χ1v) is 8.06. The Morgan fingerprint density at radius 2 is 1.87 bits per heavy atom. The molecule has 0 spiro atoms. The highest BCUT2D eigenvalue weighted by Crippen LogP contribution is 2.33. The van der Waals surface area contributed by atoms with E-state index in [2.05, 4.69) is 0 Å². The van der Waals surface area contributed by atoms with Gasteiger partial charge in [0.2, 0.25) is 0 Å². The smallest absolute Gasteiger partial charge is 0.395 e. The summed E-state index contributed by atoms with van der Waals surface area (Å²) in [6.45, 7) is 1.35. The van der Waals surface area contributed by atoms with E-state index in [1.807, 2.05) is 4.90 Å². The highest BCUT2D eigenvalue weighted by atomic mass is 19.4. The van der Waals surface area contributed by atoms with Crippen LogP contribution < -0.4 is 0 Å². The molecule has 0 aromatic heterocycles. The molecule has 0 saturated carbocycles. The van der Waals surface area contributed by atoms with Crippen LogP contribution in [0.1, 0.15) is 30.4 Å². The number of alkyl halides is 3. The quantitative estimate of drug-likeness (QED) is 0.842. The molecular formula is C17H24F3NO2. The molecule has 1 saturated heterocycles. The van der Waals surface area contributed by atoms with Crippen LogP contribution in [-0.4, -0.2) is 47.5 Å². The number of aliphatic hydroxyl groups excluding tert-OH is 2. The molecule has 130 valence electrons. The van der Waals surface area contributed by atoms with Crippen LogP contribution in [-0.2, 0) is 12.6 Å². The van der Waals surface area contributed by atoms with Gasteiger partial charge < -0.3 is 10.2 Å². The highest BCUT2D eigenvalue weighted by molar-refractivity contribution is 5.29. The summed E-state index contributed by atoms with van der Waals surface area (Å²) in [5.74, 6) is 0.297. The van der Waals surface area contributed by atoms with Gasteiger partial charge in [0.1, 0.15) is 0 Å². The summed E-state index contributed by atoms with van der Waals surface area (Å²) >= 11 is 0. The van der Waals surface area contributed by atoms with Crippen molar-refractivity contribution in [1.29, 1.82) is 0 Å². The second kappa shape index (κ2) is 8.13. The molecule has 1 heterocycles. The molecule has 1 atom stereocenters. The summed E-state index contributed by atoms with van der Waals surface area (Å²) in [6, 6.07) is 5.48. The number of piperidine rings is 1. The van der Waals surface area contributed by atoms with Gasteiger partial charge in [0.25, 0.3) is 0 Å². The van der Waals surface area contributed by atoms with Crippen molar-refractivity contribution in [3.05, 3.63) is 35.4 Å². The average molecular weight is 331 g/mol. The molecule has 0 unspecified atom stereocenters. The molecule has 0 bridgehead atoms. The maximum atomic E-state index is 13.0. The molecule has 3 nitrogen and oxygen atoms in total. The fourth-order valence-corrected chi connectivity index (χ4v) is 3.33. The fourth-order valence-electron chi connectivity index (χ4n) is 3.33. The monoisotopic (exact) mass is 331 g/mol. The number of halogens is 3. The largest absolute Gasteiger partial charge is 0.416 e. The molecule has 0 amide bonds. The minimum atomic E-state index is -4.31. The number of nitrogens with zero attached hydrogens (tertiary/aromatic N) is 1. The fraction of sp³-hybridized carbons (Fsp3) is 0.647. The summed E-state index contributed by atoms with van der Waals surface area (Å²) in [7, 11) is 0. The van der Waals surface area contributed by atoms with Gasteiger partial charge in [-0.2, -0.15) is 13.2 Å². The van der Waals surface area contributed by atoms with Crippen LogP contribution in [0.15, 0.2) is 24.3 Å². The van der Waals surface area contributed by atoms with Crippen molar-refractivity contribution in [3.8, 4) is 0 Å². The van der Waals surface area contributed by atoms with E-state index in [1.54, 1.807) is 12.1 Å². The molecule has 0 radical (unpaired) electrons. The van der Waals surface area contributed by atoms with Crippen LogP contribution in [0.4, 0.5) is 13.2 Å². The topological polar surface area (TPSA) is 43.7 Å². The van der Waals surface area contributed by atoms with Crippen LogP contribution in [0.25, 0.3) is 0 Å². The molecule has 6 heteroatoms. The number of aliphatic hydroxyl groups is 2. The van der Waals surface area contributed by atoms with Crippen LogP contribution in [0.2, 0.25) is 0 Å². The SMILES string of the molecule is OCC(CO)N1CCC[C@H](CCc2ccccc2C(F)(F)F)C1. The predicted molar refractivity (Wildman–Crippen MR) is 82.0 cm³/mol. The van der Waals surface area contributed by atoms with Crippen molar-refractivity contribution in [1.82, 2.24) is 4.90 Å². The van der Waals surface area contributed by atoms with E-state index in [4.69, 9.17) is 0 Å². The molecule has 23 heavy (non-hydrogen) atoms. The minimum absolute atomic E-state index is 0.0971. The third-order valence-electron chi connectivity index (χ3n) is 4.63. The van der Waals surface area contributed by atoms with Gasteiger partial charge in [0, 0.05) is 6.54 Å². The predicted octanol–water partition coefficient (Wildman–Crippen LogP) is 2.70. The van der Waals surface area contributed by atoms with Crippen molar-refractivity contribution in [2.75, 3.05) is 26.3 Å². The van der Waals surface area contributed by atoms with Crippen molar-refractivity contribution >= 4 is 0 Å². The van der Waals surface area contributed by atoms with E-state index < -0.39 is 11.7 Å². The van der Waals surface area contributed by atoms with Crippen LogP contribution >= 0.6 is 0 Å². The number of rotatable bonds is 6. The maximum absolute atomic E-state index is 13.0. The Bertz CT molecular complexity index is 489. The summed E-state index contributed by atoms with van der Waals surface area (Å²) < 4.78 is 39.0. The molecule has 0 aliphatic carbocycles. The lowest BCUT2D eigenvalue weighted by Crippen LogP contribution is -2.46. The number of likely N-dealkylation sites (tertiary alicyclic amines) is 1. The van der Waals surface area contributed by atoms with Crippen molar-refractivity contribution in [2.24, 2.45) is 5.92 Å². The van der Waals surface area contributed by atoms with E-state index in [1.165, 1.54) is 6.07 Å². The van der Waals surface area contributed by atoms with Gasteiger partial charge in [-0.1, -0.05) is 18.2 Å². The van der Waals surface area contributed by atoms with E-state index in [-0.39, 0.29) is 19.3 Å². The Labute approximate surface area is 134 Å². The zero-order valence-corrected chi connectivity index (χ0v) is 13.1. The van der Waals surface area contributed by atoms with Gasteiger partial charge in [-0.3, -0.25) is 4.90 Å². The summed E-state index contributed by atoms with van der Waals surface area (Å²) in [5, 5.41) is 18.5. The van der Waals surface area contributed by atoms with Gasteiger partial charge in [-0.05, 0) is 49.8 Å². The first-order valence-electron chi connectivity index (χ1n) is 8.06. The number of hydrogen-bond acceptors (Lipinski definition) is 3. The zero-order valence-electron chi connectivity index (χ0n) is 13.1. The zero-order chi connectivity index (χ0) is 16.9. The first kappa shape index (κ1) is 18.2. The van der Waals surface area contributed by atoms with Gasteiger partial charge in [0.15, 0.2) is 0 Å². The van der Waals surface area contributed by atoms with E-state index in [0.29, 0.717) is 24.3 Å². The van der Waals surface area contributed by atoms with Crippen LogP contribution in [0.5, 0.6) is 0 Å². The van der Waals surface area contributed by atoms with Gasteiger partial charge in [-0.15, -0.1) is 0 Å². The van der Waals surface area contributed by atoms with Crippen LogP contribution in [0, 0.1) is 5.92 Å². The minimum Gasteiger partial charge on any atom is -0.395 e. The second-order valence-corrected chi connectivity index (χ2v) is 6.22. The third-order valence-corrected chi connectivity index (χ3v) is 4.63. The number of hydrogen-bond donors (Lipinski definition) is 2. The molecule has 1 fully saturated rings. The van der Waals surface area contributed by atoms with Gasteiger partial charge >= 0.3 is 6.18 Å². The van der Waals surface area contributed by atoms with Crippen LogP contribution in [0.3, 0.4) is 0 Å². The Kier molecular flexibility index (Phi) is 6.44. The van der Waals surface area contributed by atoms with Gasteiger partial charge in [0.05, 0.1) is 24.8 Å². The maximum Gasteiger partial charge on any atom is 0.416 e. The summed E-state index contributed by atoms with van der Waals surface area (Å²) in [5.41, 5.74) is -0.200. The van der Waals surface area contributed by atoms with E-state index in [9.17, 15) is 23.4 Å². The lowest BCUT2D eigenvalue weighted by molar-refractivity contribution is -0.138.